The van der Waals surface area contributed by atoms with Crippen LogP contribution in [0.3, 0.4) is 0 Å². The van der Waals surface area contributed by atoms with Crippen LogP contribution < -0.4 is 10.0 Å². The molecule has 0 bridgehead atoms. The van der Waals surface area contributed by atoms with E-state index in [0.717, 1.165) is 11.1 Å². The summed E-state index contributed by atoms with van der Waals surface area (Å²) in [7, 11) is -4.16. The molecule has 2 aromatic rings. The van der Waals surface area contributed by atoms with Gasteiger partial charge in [0.05, 0.1) is 4.90 Å². The van der Waals surface area contributed by atoms with Gasteiger partial charge in [-0.2, -0.15) is 16.5 Å². The van der Waals surface area contributed by atoms with Gasteiger partial charge in [0.25, 0.3) is 0 Å². The van der Waals surface area contributed by atoms with E-state index in [2.05, 4.69) is 10.0 Å². The van der Waals surface area contributed by atoms with Crippen molar-refractivity contribution in [1.82, 2.24) is 10.0 Å². The van der Waals surface area contributed by atoms with Crippen molar-refractivity contribution < 1.29 is 33.0 Å². The van der Waals surface area contributed by atoms with Gasteiger partial charge in [-0.3, -0.25) is 9.59 Å². The quantitative estimate of drug-likeness (QED) is 0.331. The Labute approximate surface area is 196 Å². The van der Waals surface area contributed by atoms with Crippen LogP contribution in [0.2, 0.25) is 0 Å². The lowest BCUT2D eigenvalue weighted by molar-refractivity contribution is -0.142. The number of carbonyl (C=O) groups excluding carboxylic acids is 1. The smallest absolute Gasteiger partial charge is 0.326 e. The molecule has 2 atom stereocenters. The molecule has 0 spiro atoms. The van der Waals surface area contributed by atoms with Crippen LogP contribution in [0.5, 0.6) is 0 Å². The fourth-order valence-corrected chi connectivity index (χ4v) is 4.68. The standard InChI is InChI=1S/C22H26N2O7S2/c1-32-14-13-18(21(26)27)23-20(25)12-11-19(22(28)29)24-33(30,31)17-9-7-16(8-10-17)15-5-3-2-4-6-15/h2-10,18-19,24H,11-14H2,1H3,(H,23,25)(H,26,27)(H,28,29)/t18-,19-/m0/s1. The van der Waals surface area contributed by atoms with Crippen molar-refractivity contribution in [2.75, 3.05) is 12.0 Å². The summed E-state index contributed by atoms with van der Waals surface area (Å²) in [6, 6.07) is 12.7. The first kappa shape index (κ1) is 26.4. The molecule has 2 rings (SSSR count). The van der Waals surface area contributed by atoms with E-state index < -0.39 is 40.0 Å². The molecule has 0 aliphatic carbocycles. The maximum Gasteiger partial charge on any atom is 0.326 e. The Hall–Kier alpha value is -2.89. The van der Waals surface area contributed by atoms with Crippen LogP contribution in [-0.4, -0.2) is 60.6 Å². The molecule has 0 radical (unpaired) electrons. The first-order valence-electron chi connectivity index (χ1n) is 10.1. The van der Waals surface area contributed by atoms with Gasteiger partial charge in [0.15, 0.2) is 0 Å². The molecule has 2 aromatic carbocycles. The fourth-order valence-electron chi connectivity index (χ4n) is 2.98. The minimum Gasteiger partial charge on any atom is -0.480 e. The highest BCUT2D eigenvalue weighted by Gasteiger charge is 2.27. The van der Waals surface area contributed by atoms with Crippen molar-refractivity contribution in [2.45, 2.75) is 36.2 Å². The van der Waals surface area contributed by atoms with Crippen LogP contribution in [0.4, 0.5) is 0 Å². The molecular formula is C22H26N2O7S2. The number of rotatable bonds is 13. The summed E-state index contributed by atoms with van der Waals surface area (Å²) in [4.78, 5) is 34.8. The van der Waals surface area contributed by atoms with Gasteiger partial charge in [-0.05, 0) is 48.1 Å². The van der Waals surface area contributed by atoms with Gasteiger partial charge in [-0.1, -0.05) is 42.5 Å². The molecule has 0 aliphatic heterocycles. The summed E-state index contributed by atoms with van der Waals surface area (Å²) >= 11 is 1.43. The van der Waals surface area contributed by atoms with Crippen LogP contribution >= 0.6 is 11.8 Å². The normalized spacial score (nSPS) is 13.1. The lowest BCUT2D eigenvalue weighted by Gasteiger charge is -2.17. The number of thioether (sulfide) groups is 1. The Balaban J connectivity index is 2.02. The second-order valence-electron chi connectivity index (χ2n) is 7.18. The highest BCUT2D eigenvalue weighted by atomic mass is 32.2. The van der Waals surface area contributed by atoms with Gasteiger partial charge in [-0.15, -0.1) is 0 Å². The number of benzene rings is 2. The van der Waals surface area contributed by atoms with E-state index in [1.165, 1.54) is 23.9 Å². The number of aliphatic carboxylic acids is 2. The minimum atomic E-state index is -4.16. The van der Waals surface area contributed by atoms with E-state index in [9.17, 15) is 33.0 Å². The first-order chi connectivity index (χ1) is 15.6. The number of carboxylic acid groups (broad SMARTS) is 2. The van der Waals surface area contributed by atoms with Crippen LogP contribution in [0.15, 0.2) is 59.5 Å². The van der Waals surface area contributed by atoms with E-state index in [-0.39, 0.29) is 24.2 Å². The maximum absolute atomic E-state index is 12.7. The van der Waals surface area contributed by atoms with Crippen LogP contribution in [0, 0.1) is 0 Å². The zero-order valence-corrected chi connectivity index (χ0v) is 19.6. The molecular weight excluding hydrogens is 468 g/mol. The topological polar surface area (TPSA) is 150 Å². The van der Waals surface area contributed by atoms with Crippen molar-refractivity contribution in [1.29, 1.82) is 0 Å². The van der Waals surface area contributed by atoms with E-state index in [4.69, 9.17) is 0 Å². The summed E-state index contributed by atoms with van der Waals surface area (Å²) in [5.74, 6) is -2.77. The van der Waals surface area contributed by atoms with Gasteiger partial charge >= 0.3 is 11.9 Å². The average Bonchev–Trinajstić information content (AvgIpc) is 2.79. The summed E-state index contributed by atoms with van der Waals surface area (Å²) in [5, 5.41) is 20.9. The Morgan fingerprint density at radius 1 is 0.879 bits per heavy atom. The molecule has 33 heavy (non-hydrogen) atoms. The molecule has 0 aliphatic rings. The van der Waals surface area contributed by atoms with Gasteiger partial charge in [0.2, 0.25) is 15.9 Å². The van der Waals surface area contributed by atoms with Gasteiger partial charge in [-0.25, -0.2) is 13.2 Å². The molecule has 0 aromatic heterocycles. The predicted octanol–water partition coefficient (Wildman–Crippen LogP) is 2.19. The SMILES string of the molecule is CSCC[C@H](NC(=O)CC[C@H](NS(=O)(=O)c1ccc(-c2ccccc2)cc1)C(=O)O)C(=O)O. The zero-order valence-electron chi connectivity index (χ0n) is 17.9. The number of carbonyl (C=O) groups is 3. The van der Waals surface area contributed by atoms with Crippen molar-refractivity contribution in [3.8, 4) is 11.1 Å². The Bertz CT molecular complexity index is 1060. The third kappa shape index (κ3) is 8.19. The Morgan fingerprint density at radius 3 is 2.00 bits per heavy atom. The van der Waals surface area contributed by atoms with Crippen molar-refractivity contribution >= 4 is 39.6 Å². The monoisotopic (exact) mass is 494 g/mol. The first-order valence-corrected chi connectivity index (χ1v) is 12.9. The van der Waals surface area contributed by atoms with Gasteiger partial charge < -0.3 is 15.5 Å². The van der Waals surface area contributed by atoms with Gasteiger partial charge in [0.1, 0.15) is 12.1 Å². The lowest BCUT2D eigenvalue weighted by Crippen LogP contribution is -2.44. The Morgan fingerprint density at radius 2 is 1.45 bits per heavy atom. The van der Waals surface area contributed by atoms with Crippen LogP contribution in [0.1, 0.15) is 19.3 Å². The minimum absolute atomic E-state index is 0.110. The number of carboxylic acids is 2. The number of amides is 1. The highest BCUT2D eigenvalue weighted by Crippen LogP contribution is 2.21. The summed E-state index contributed by atoms with van der Waals surface area (Å²) < 4.78 is 27.4. The van der Waals surface area contributed by atoms with E-state index >= 15 is 0 Å². The van der Waals surface area contributed by atoms with Crippen molar-refractivity contribution in [3.63, 3.8) is 0 Å². The number of hydrogen-bond acceptors (Lipinski definition) is 6. The lowest BCUT2D eigenvalue weighted by atomic mass is 10.1. The molecule has 11 heteroatoms. The number of nitrogens with one attached hydrogen (secondary N) is 2. The van der Waals surface area contributed by atoms with Crippen LogP contribution in [-0.2, 0) is 24.4 Å². The van der Waals surface area contributed by atoms with E-state index in [1.807, 2.05) is 30.3 Å². The molecule has 0 heterocycles. The Kier molecular flexibility index (Phi) is 9.89. The predicted molar refractivity (Wildman–Crippen MR) is 125 cm³/mol. The highest BCUT2D eigenvalue weighted by molar-refractivity contribution is 7.98. The molecule has 1 amide bonds. The molecule has 0 fully saturated rings. The van der Waals surface area contributed by atoms with Gasteiger partial charge in [0, 0.05) is 6.42 Å². The molecule has 178 valence electrons. The third-order valence-corrected chi connectivity index (χ3v) is 6.90. The average molecular weight is 495 g/mol. The summed E-state index contributed by atoms with van der Waals surface area (Å²) in [6.45, 7) is 0. The van der Waals surface area contributed by atoms with Crippen LogP contribution in [0.25, 0.3) is 11.1 Å². The number of hydrogen-bond donors (Lipinski definition) is 4. The second kappa shape index (κ2) is 12.4. The zero-order chi connectivity index (χ0) is 24.4. The molecule has 4 N–H and O–H groups in total. The van der Waals surface area contributed by atoms with Crippen molar-refractivity contribution in [2.24, 2.45) is 0 Å². The van der Waals surface area contributed by atoms with E-state index in [0.29, 0.717) is 5.75 Å². The number of sulfonamides is 1. The van der Waals surface area contributed by atoms with Crippen molar-refractivity contribution in [3.05, 3.63) is 54.6 Å². The fraction of sp³-hybridized carbons (Fsp3) is 0.318. The summed E-state index contributed by atoms with van der Waals surface area (Å²) in [5.41, 5.74) is 1.71. The summed E-state index contributed by atoms with van der Waals surface area (Å²) in [6.07, 6.45) is 1.34. The van der Waals surface area contributed by atoms with E-state index in [1.54, 1.807) is 18.4 Å². The molecule has 0 saturated heterocycles. The molecule has 0 unspecified atom stereocenters. The third-order valence-electron chi connectivity index (χ3n) is 4.77. The largest absolute Gasteiger partial charge is 0.480 e. The second-order valence-corrected chi connectivity index (χ2v) is 9.88. The molecule has 9 nitrogen and oxygen atoms in total. The maximum atomic E-state index is 12.7. The molecule has 0 saturated carbocycles.